The highest BCUT2D eigenvalue weighted by Gasteiger charge is 2.18. The third-order valence-corrected chi connectivity index (χ3v) is 8.10. The normalized spacial score (nSPS) is 11.6. The van der Waals surface area contributed by atoms with Crippen LogP contribution in [0.15, 0.2) is 168 Å². The van der Waals surface area contributed by atoms with Gasteiger partial charge in [-0.3, -0.25) is 9.98 Å². The first-order valence-corrected chi connectivity index (χ1v) is 16.3. The molecule has 0 saturated carbocycles. The Labute approximate surface area is 288 Å². The van der Waals surface area contributed by atoms with Crippen molar-refractivity contribution in [1.29, 1.82) is 0 Å². The number of para-hydroxylation sites is 4. The minimum Gasteiger partial charge on any atom is -0.507 e. The van der Waals surface area contributed by atoms with Gasteiger partial charge in [0, 0.05) is 76.2 Å². The monoisotopic (exact) mass is 644 g/mol. The number of anilines is 6. The van der Waals surface area contributed by atoms with Crippen LogP contribution in [-0.2, 0) is 0 Å². The third kappa shape index (κ3) is 8.24. The van der Waals surface area contributed by atoms with E-state index in [-0.39, 0.29) is 16.9 Å². The van der Waals surface area contributed by atoms with Crippen LogP contribution in [0.5, 0.6) is 11.5 Å². The summed E-state index contributed by atoms with van der Waals surface area (Å²) in [4.78, 5) is 13.8. The molecule has 6 aromatic rings. The van der Waals surface area contributed by atoms with E-state index in [0.717, 1.165) is 34.1 Å². The van der Waals surface area contributed by atoms with Crippen molar-refractivity contribution in [2.45, 2.75) is 13.8 Å². The van der Waals surface area contributed by atoms with Gasteiger partial charge in [-0.1, -0.05) is 86.6 Å². The molecule has 0 aliphatic heterocycles. The number of hydrogen-bond donors (Lipinski definition) is 2. The second kappa shape index (κ2) is 15.2. The molecular weight excluding hydrogens is 604 g/mol. The zero-order chi connectivity index (χ0) is 34.1. The number of phenolic OH excluding ortho intramolecular Hbond substituents is 2. The molecule has 0 aromatic heterocycles. The minimum atomic E-state index is -0.270. The second-order valence-corrected chi connectivity index (χ2v) is 12.6. The zero-order valence-corrected chi connectivity index (χ0v) is 27.8. The first-order valence-electron chi connectivity index (χ1n) is 16.3. The van der Waals surface area contributed by atoms with E-state index in [9.17, 15) is 10.2 Å². The van der Waals surface area contributed by atoms with Crippen LogP contribution in [-0.4, -0.2) is 35.7 Å². The molecule has 244 valence electrons. The van der Waals surface area contributed by atoms with Gasteiger partial charge < -0.3 is 20.0 Å². The molecule has 0 unspecified atom stereocenters. The van der Waals surface area contributed by atoms with Gasteiger partial charge in [-0.15, -0.1) is 0 Å². The van der Waals surface area contributed by atoms with Gasteiger partial charge >= 0.3 is 0 Å². The second-order valence-electron chi connectivity index (χ2n) is 12.6. The van der Waals surface area contributed by atoms with E-state index in [0.29, 0.717) is 24.2 Å². The van der Waals surface area contributed by atoms with Crippen LogP contribution in [0.3, 0.4) is 0 Å². The van der Waals surface area contributed by atoms with E-state index in [4.69, 9.17) is 9.98 Å². The topological polar surface area (TPSA) is 71.7 Å². The Morgan fingerprint density at radius 1 is 0.449 bits per heavy atom. The van der Waals surface area contributed by atoms with Crippen molar-refractivity contribution in [2.75, 3.05) is 22.9 Å². The smallest absolute Gasteiger partial charge is 0.124 e. The molecule has 6 nitrogen and oxygen atoms in total. The summed E-state index contributed by atoms with van der Waals surface area (Å²) in [6.07, 6.45) is 3.46. The van der Waals surface area contributed by atoms with Gasteiger partial charge in [-0.2, -0.15) is 0 Å². The van der Waals surface area contributed by atoms with Crippen molar-refractivity contribution in [3.05, 3.63) is 169 Å². The third-order valence-electron chi connectivity index (χ3n) is 8.10. The van der Waals surface area contributed by atoms with Crippen LogP contribution >= 0.6 is 0 Å². The maximum absolute atomic E-state index is 10.7. The molecule has 49 heavy (non-hydrogen) atoms. The lowest BCUT2D eigenvalue weighted by atomic mass is 9.94. The Balaban J connectivity index is 1.17. The zero-order valence-electron chi connectivity index (χ0n) is 27.8. The highest BCUT2D eigenvalue weighted by atomic mass is 16.3. The quantitative estimate of drug-likeness (QED) is 0.130. The van der Waals surface area contributed by atoms with Crippen LogP contribution in [0.2, 0.25) is 0 Å². The van der Waals surface area contributed by atoms with E-state index in [1.807, 2.05) is 97.1 Å². The van der Waals surface area contributed by atoms with Crippen molar-refractivity contribution in [2.24, 2.45) is 15.4 Å². The van der Waals surface area contributed by atoms with Crippen LogP contribution in [0.25, 0.3) is 0 Å². The molecule has 0 radical (unpaired) electrons. The SMILES string of the molecule is CC(C)(C/N=C/c1cc(N(c2ccccc2)c2ccccc2)ccc1O)C/N=C/c1cc(N(c2ccccc2)c2ccccc2)ccc1O. The molecule has 0 bridgehead atoms. The Hall–Kier alpha value is -6.14. The van der Waals surface area contributed by atoms with Gasteiger partial charge in [-0.05, 0) is 84.9 Å². The summed E-state index contributed by atoms with van der Waals surface area (Å²) < 4.78 is 0. The molecule has 6 rings (SSSR count). The Bertz CT molecular complexity index is 1790. The predicted molar refractivity (Wildman–Crippen MR) is 204 cm³/mol. The van der Waals surface area contributed by atoms with Gasteiger partial charge in [-0.25, -0.2) is 0 Å². The summed E-state index contributed by atoms with van der Waals surface area (Å²) in [5.74, 6) is 0.333. The van der Waals surface area contributed by atoms with E-state index < -0.39 is 0 Å². The fourth-order valence-electron chi connectivity index (χ4n) is 5.60. The lowest BCUT2D eigenvalue weighted by Gasteiger charge is -2.26. The maximum Gasteiger partial charge on any atom is 0.124 e. The molecular formula is C43H40N4O2. The van der Waals surface area contributed by atoms with Crippen LogP contribution in [0.1, 0.15) is 25.0 Å². The summed E-state index contributed by atoms with van der Waals surface area (Å²) >= 11 is 0. The lowest BCUT2D eigenvalue weighted by molar-refractivity contribution is 0.396. The van der Waals surface area contributed by atoms with Crippen molar-refractivity contribution in [1.82, 2.24) is 0 Å². The van der Waals surface area contributed by atoms with Gasteiger partial charge in [0.25, 0.3) is 0 Å². The number of aliphatic imine (C=N–C) groups is 2. The van der Waals surface area contributed by atoms with Crippen LogP contribution in [0.4, 0.5) is 34.1 Å². The first kappa shape index (κ1) is 32.8. The fraction of sp³-hybridized carbons (Fsp3) is 0.116. The molecule has 0 amide bonds. The van der Waals surface area contributed by atoms with Crippen molar-refractivity contribution >= 4 is 46.6 Å². The van der Waals surface area contributed by atoms with Gasteiger partial charge in [0.2, 0.25) is 0 Å². The molecule has 0 aliphatic rings. The molecule has 0 heterocycles. The molecule has 0 spiro atoms. The number of hydrogen-bond acceptors (Lipinski definition) is 6. The summed E-state index contributed by atoms with van der Waals surface area (Å²) in [6, 6.07) is 51.8. The molecule has 0 saturated heterocycles. The number of aromatic hydroxyl groups is 2. The van der Waals surface area contributed by atoms with E-state index >= 15 is 0 Å². The van der Waals surface area contributed by atoms with Crippen molar-refractivity contribution in [3.8, 4) is 11.5 Å². The summed E-state index contributed by atoms with van der Waals surface area (Å²) in [6.45, 7) is 5.20. The van der Waals surface area contributed by atoms with Gasteiger partial charge in [0.05, 0.1) is 0 Å². The first-order chi connectivity index (χ1) is 23.9. The molecule has 0 aliphatic carbocycles. The number of benzene rings is 6. The van der Waals surface area contributed by atoms with Gasteiger partial charge in [0.15, 0.2) is 0 Å². The Morgan fingerprint density at radius 2 is 0.755 bits per heavy atom. The molecule has 6 aromatic carbocycles. The van der Waals surface area contributed by atoms with Crippen LogP contribution < -0.4 is 9.80 Å². The Morgan fingerprint density at radius 3 is 1.06 bits per heavy atom. The average molecular weight is 645 g/mol. The summed E-state index contributed by atoms with van der Waals surface area (Å²) in [5.41, 5.74) is 6.91. The highest BCUT2D eigenvalue weighted by molar-refractivity contribution is 5.89. The van der Waals surface area contributed by atoms with Crippen molar-refractivity contribution in [3.63, 3.8) is 0 Å². The predicted octanol–water partition coefficient (Wildman–Crippen LogP) is 10.6. The van der Waals surface area contributed by atoms with E-state index in [2.05, 4.69) is 72.2 Å². The summed E-state index contributed by atoms with van der Waals surface area (Å²) in [5, 5.41) is 21.5. The minimum absolute atomic E-state index is 0.166. The van der Waals surface area contributed by atoms with Gasteiger partial charge in [0.1, 0.15) is 11.5 Å². The van der Waals surface area contributed by atoms with E-state index in [1.54, 1.807) is 24.6 Å². The van der Waals surface area contributed by atoms with E-state index in [1.165, 1.54) is 0 Å². The number of rotatable bonds is 12. The number of phenols is 2. The summed E-state index contributed by atoms with van der Waals surface area (Å²) in [7, 11) is 0. The number of nitrogens with zero attached hydrogens (tertiary/aromatic N) is 4. The molecule has 6 heteroatoms. The fourth-order valence-corrected chi connectivity index (χ4v) is 5.60. The highest BCUT2D eigenvalue weighted by Crippen LogP contribution is 2.37. The largest absolute Gasteiger partial charge is 0.507 e. The molecule has 0 atom stereocenters. The lowest BCUT2D eigenvalue weighted by Crippen LogP contribution is -2.20. The van der Waals surface area contributed by atoms with Crippen LogP contribution in [0, 0.1) is 5.41 Å². The standard InChI is InChI=1S/C43H40N4O2/c1-43(2,31-44-29-33-27-39(23-25-41(33)48)46(35-15-7-3-8-16-35)36-17-9-4-10-18-36)32-45-30-34-28-40(24-26-42(34)49)47(37-19-11-5-12-20-37)38-21-13-6-14-22-38/h3-30,48-49H,31-32H2,1-2H3/b44-29+,45-30+. The van der Waals surface area contributed by atoms with Crippen molar-refractivity contribution < 1.29 is 10.2 Å². The Kier molecular flexibility index (Phi) is 10.2. The molecule has 2 N–H and O–H groups in total. The maximum atomic E-state index is 10.7. The average Bonchev–Trinajstić information content (AvgIpc) is 3.13. The molecule has 0 fully saturated rings.